The number of hydrogen-bond donors (Lipinski definition) is 1. The molecule has 0 aromatic carbocycles. The van der Waals surface area contributed by atoms with Gasteiger partial charge in [0.05, 0.1) is 7.11 Å². The predicted molar refractivity (Wildman–Crippen MR) is 71.1 cm³/mol. The number of nitrogens with one attached hydrogen (secondary N) is 1. The molecule has 1 aliphatic rings. The molecule has 2 rings (SSSR count). The fraction of sp³-hybridized carbons (Fsp3) is 0.750. The monoisotopic (exact) mass is 251 g/mol. The quantitative estimate of drug-likeness (QED) is 0.827. The van der Waals surface area contributed by atoms with E-state index in [1.807, 2.05) is 0 Å². The number of rotatable bonds is 6. The zero-order valence-corrected chi connectivity index (χ0v) is 11.5. The van der Waals surface area contributed by atoms with Gasteiger partial charge in [0.1, 0.15) is 0 Å². The normalized spacial score (nSPS) is 14.7. The molecule has 0 radical (unpaired) electrons. The molecule has 1 aromatic rings. The highest BCUT2D eigenvalue weighted by Crippen LogP contribution is 2.31. The maximum absolute atomic E-state index is 5.12. The smallest absolute Gasteiger partial charge is 0.322 e. The Morgan fingerprint density at radius 1 is 1.33 bits per heavy atom. The van der Waals surface area contributed by atoms with Crippen LogP contribution in [0.1, 0.15) is 26.7 Å². The summed E-state index contributed by atoms with van der Waals surface area (Å²) in [6.45, 7) is 5.36. The molecule has 1 saturated carbocycles. The van der Waals surface area contributed by atoms with Crippen molar-refractivity contribution in [2.24, 2.45) is 5.92 Å². The van der Waals surface area contributed by atoms with Gasteiger partial charge in [-0.1, -0.05) is 13.8 Å². The van der Waals surface area contributed by atoms with Crippen LogP contribution in [-0.4, -0.2) is 41.7 Å². The molecule has 0 saturated heterocycles. The van der Waals surface area contributed by atoms with E-state index >= 15 is 0 Å². The third-order valence-corrected chi connectivity index (χ3v) is 2.82. The predicted octanol–water partition coefficient (Wildman–Crippen LogP) is 1.55. The van der Waals surface area contributed by atoms with Crippen LogP contribution in [-0.2, 0) is 0 Å². The number of hydrogen-bond acceptors (Lipinski definition) is 6. The lowest BCUT2D eigenvalue weighted by molar-refractivity contribution is 0.378. The van der Waals surface area contributed by atoms with Gasteiger partial charge < -0.3 is 15.0 Å². The molecule has 1 aliphatic carbocycles. The second-order valence-corrected chi connectivity index (χ2v) is 4.97. The topological polar surface area (TPSA) is 63.2 Å². The van der Waals surface area contributed by atoms with Crippen molar-refractivity contribution in [1.29, 1.82) is 0 Å². The van der Waals surface area contributed by atoms with Crippen LogP contribution < -0.4 is 15.0 Å². The highest BCUT2D eigenvalue weighted by Gasteiger charge is 2.31. The van der Waals surface area contributed by atoms with Crippen LogP contribution in [0.25, 0.3) is 0 Å². The molecule has 0 spiro atoms. The zero-order valence-electron chi connectivity index (χ0n) is 11.5. The van der Waals surface area contributed by atoms with Crippen molar-refractivity contribution < 1.29 is 4.74 Å². The number of ether oxygens (including phenoxy) is 1. The average molecular weight is 251 g/mol. The Hall–Kier alpha value is -1.59. The number of nitrogens with zero attached hydrogens (tertiary/aromatic N) is 4. The van der Waals surface area contributed by atoms with E-state index in [0.717, 1.165) is 6.54 Å². The van der Waals surface area contributed by atoms with E-state index in [2.05, 4.69) is 39.0 Å². The Labute approximate surface area is 108 Å². The van der Waals surface area contributed by atoms with Gasteiger partial charge in [0, 0.05) is 19.6 Å². The van der Waals surface area contributed by atoms with Crippen LogP contribution >= 0.6 is 0 Å². The maximum atomic E-state index is 5.12. The fourth-order valence-electron chi connectivity index (χ4n) is 1.85. The molecule has 0 atom stereocenters. The SMILES string of the molecule is CNc1nc(OC)nc(N(CC(C)C)C2CC2)n1. The summed E-state index contributed by atoms with van der Waals surface area (Å²) in [7, 11) is 3.37. The molecule has 100 valence electrons. The van der Waals surface area contributed by atoms with E-state index in [9.17, 15) is 0 Å². The lowest BCUT2D eigenvalue weighted by Gasteiger charge is -2.24. The summed E-state index contributed by atoms with van der Waals surface area (Å²) in [6.07, 6.45) is 2.44. The summed E-state index contributed by atoms with van der Waals surface area (Å²) in [6, 6.07) is 0.933. The Morgan fingerprint density at radius 3 is 2.56 bits per heavy atom. The molecule has 0 unspecified atom stereocenters. The number of aromatic nitrogens is 3. The van der Waals surface area contributed by atoms with Crippen molar-refractivity contribution in [2.45, 2.75) is 32.7 Å². The van der Waals surface area contributed by atoms with Gasteiger partial charge in [-0.15, -0.1) is 0 Å². The van der Waals surface area contributed by atoms with Crippen molar-refractivity contribution in [3.63, 3.8) is 0 Å². The first kappa shape index (κ1) is 12.9. The highest BCUT2D eigenvalue weighted by molar-refractivity contribution is 5.40. The molecule has 0 bridgehead atoms. The third-order valence-electron chi connectivity index (χ3n) is 2.82. The van der Waals surface area contributed by atoms with Crippen LogP contribution in [0.15, 0.2) is 0 Å². The molecule has 6 nitrogen and oxygen atoms in total. The van der Waals surface area contributed by atoms with Crippen LogP contribution in [0.2, 0.25) is 0 Å². The first-order valence-corrected chi connectivity index (χ1v) is 6.38. The molecule has 0 aliphatic heterocycles. The molecule has 1 fully saturated rings. The van der Waals surface area contributed by atoms with Gasteiger partial charge >= 0.3 is 6.01 Å². The van der Waals surface area contributed by atoms with Gasteiger partial charge in [0.25, 0.3) is 0 Å². The summed E-state index contributed by atoms with van der Waals surface area (Å²) >= 11 is 0. The van der Waals surface area contributed by atoms with E-state index < -0.39 is 0 Å². The minimum absolute atomic E-state index is 0.360. The van der Waals surface area contributed by atoms with Gasteiger partial charge in [-0.25, -0.2) is 0 Å². The van der Waals surface area contributed by atoms with E-state index in [4.69, 9.17) is 4.74 Å². The third kappa shape index (κ3) is 3.00. The Kier molecular flexibility index (Phi) is 3.84. The molecule has 1 N–H and O–H groups in total. The van der Waals surface area contributed by atoms with Crippen LogP contribution in [0.4, 0.5) is 11.9 Å². The van der Waals surface area contributed by atoms with Crippen molar-refractivity contribution in [1.82, 2.24) is 15.0 Å². The van der Waals surface area contributed by atoms with Crippen LogP contribution in [0.3, 0.4) is 0 Å². The summed E-state index contributed by atoms with van der Waals surface area (Å²) in [4.78, 5) is 15.2. The number of methoxy groups -OCH3 is 1. The van der Waals surface area contributed by atoms with Gasteiger partial charge in [-0.05, 0) is 18.8 Å². The standard InChI is InChI=1S/C12H21N5O/c1-8(2)7-17(9-5-6-9)11-14-10(13-3)15-12(16-11)18-4/h8-9H,5-7H2,1-4H3,(H,13,14,15,16). The summed E-state index contributed by atoms with van der Waals surface area (Å²) in [5.74, 6) is 1.83. The van der Waals surface area contributed by atoms with E-state index in [1.54, 1.807) is 14.2 Å². The van der Waals surface area contributed by atoms with Crippen molar-refractivity contribution >= 4 is 11.9 Å². The van der Waals surface area contributed by atoms with Gasteiger partial charge in [0.2, 0.25) is 11.9 Å². The van der Waals surface area contributed by atoms with E-state index in [-0.39, 0.29) is 0 Å². The second kappa shape index (κ2) is 5.37. The molecule has 0 amide bonds. The van der Waals surface area contributed by atoms with Crippen molar-refractivity contribution in [3.8, 4) is 6.01 Å². The van der Waals surface area contributed by atoms with Crippen LogP contribution in [0.5, 0.6) is 6.01 Å². The largest absolute Gasteiger partial charge is 0.467 e. The Bertz CT molecular complexity index is 383. The Morgan fingerprint density at radius 2 is 2.06 bits per heavy atom. The van der Waals surface area contributed by atoms with Gasteiger partial charge in [-0.2, -0.15) is 15.0 Å². The van der Waals surface area contributed by atoms with Gasteiger partial charge in [0.15, 0.2) is 0 Å². The highest BCUT2D eigenvalue weighted by atomic mass is 16.5. The lowest BCUT2D eigenvalue weighted by atomic mass is 10.2. The minimum atomic E-state index is 0.360. The summed E-state index contributed by atoms with van der Waals surface area (Å²) in [5, 5.41) is 2.94. The molecule has 1 heterocycles. The lowest BCUT2D eigenvalue weighted by Crippen LogP contribution is -2.31. The van der Waals surface area contributed by atoms with Crippen molar-refractivity contribution in [2.75, 3.05) is 30.9 Å². The zero-order chi connectivity index (χ0) is 13.1. The summed E-state index contributed by atoms with van der Waals surface area (Å²) in [5.41, 5.74) is 0. The molecule has 18 heavy (non-hydrogen) atoms. The van der Waals surface area contributed by atoms with Crippen LogP contribution in [0, 0.1) is 5.92 Å². The molecular weight excluding hydrogens is 230 g/mol. The minimum Gasteiger partial charge on any atom is -0.467 e. The van der Waals surface area contributed by atoms with E-state index in [1.165, 1.54) is 12.8 Å². The summed E-state index contributed by atoms with van der Waals surface area (Å²) < 4.78 is 5.12. The maximum Gasteiger partial charge on any atom is 0.322 e. The number of anilines is 2. The van der Waals surface area contributed by atoms with E-state index in [0.29, 0.717) is 29.9 Å². The Balaban J connectivity index is 2.27. The fourth-order valence-corrected chi connectivity index (χ4v) is 1.85. The molecule has 1 aromatic heterocycles. The van der Waals surface area contributed by atoms with Gasteiger partial charge in [-0.3, -0.25) is 0 Å². The molecular formula is C12H21N5O. The molecule has 6 heteroatoms. The first-order chi connectivity index (χ1) is 8.63. The average Bonchev–Trinajstić information content (AvgIpc) is 3.19. The first-order valence-electron chi connectivity index (χ1n) is 6.38. The second-order valence-electron chi connectivity index (χ2n) is 4.97. The van der Waals surface area contributed by atoms with Crippen molar-refractivity contribution in [3.05, 3.63) is 0 Å².